The average molecular weight is 498 g/mol. The molecule has 35 heavy (non-hydrogen) atoms. The third kappa shape index (κ3) is 4.78. The van der Waals surface area contributed by atoms with Gasteiger partial charge in [0, 0.05) is 37.8 Å². The number of aromatic nitrogens is 1. The number of halogens is 4. The Bertz CT molecular complexity index is 1110. The Kier molecular flexibility index (Phi) is 6.42. The Morgan fingerprint density at radius 2 is 1.77 bits per heavy atom. The summed E-state index contributed by atoms with van der Waals surface area (Å²) in [5, 5.41) is 9.86. The van der Waals surface area contributed by atoms with Gasteiger partial charge in [-0.2, -0.15) is 13.2 Å². The smallest absolute Gasteiger partial charge is 0.431 e. The van der Waals surface area contributed by atoms with Crippen LogP contribution in [0.2, 0.25) is 0 Å². The molecule has 1 N–H and O–H groups in total. The molecule has 2 aliphatic heterocycles. The second kappa shape index (κ2) is 8.81. The largest absolute Gasteiger partial charge is 0.490 e. The zero-order valence-corrected chi connectivity index (χ0v) is 20.4. The molecule has 2 aliphatic rings. The van der Waals surface area contributed by atoms with E-state index in [1.54, 1.807) is 44.0 Å². The van der Waals surface area contributed by atoms with Crippen LogP contribution in [0.15, 0.2) is 24.3 Å². The molecule has 2 aromatic rings. The van der Waals surface area contributed by atoms with Gasteiger partial charge >= 0.3 is 6.18 Å². The molecule has 0 aliphatic carbocycles. The normalized spacial score (nSPS) is 18.6. The van der Waals surface area contributed by atoms with E-state index < -0.39 is 28.8 Å². The van der Waals surface area contributed by atoms with Gasteiger partial charge < -0.3 is 19.3 Å². The van der Waals surface area contributed by atoms with Crippen molar-refractivity contribution in [3.05, 3.63) is 52.6 Å². The zero-order valence-electron chi connectivity index (χ0n) is 20.4. The lowest BCUT2D eigenvalue weighted by molar-refractivity contribution is -0.144. The van der Waals surface area contributed by atoms with Gasteiger partial charge in [0.2, 0.25) is 0 Å². The third-order valence-corrected chi connectivity index (χ3v) is 7.05. The highest BCUT2D eigenvalue weighted by molar-refractivity contribution is 5.94. The van der Waals surface area contributed by atoms with Crippen LogP contribution < -0.4 is 4.74 Å². The maximum Gasteiger partial charge on any atom is 0.431 e. The fourth-order valence-electron chi connectivity index (χ4n) is 5.18. The van der Waals surface area contributed by atoms with Crippen molar-refractivity contribution in [2.75, 3.05) is 33.3 Å². The van der Waals surface area contributed by atoms with E-state index in [0.717, 1.165) is 10.1 Å². The Morgan fingerprint density at radius 3 is 2.34 bits per heavy atom. The Morgan fingerprint density at radius 1 is 1.11 bits per heavy atom. The molecule has 1 saturated heterocycles. The molecule has 1 aromatic carbocycles. The van der Waals surface area contributed by atoms with Crippen LogP contribution in [-0.4, -0.2) is 64.3 Å². The number of carbonyl (C=O) groups excluding carboxylic acids is 1. The number of likely N-dealkylation sites (tertiary alicyclic amines) is 1. The minimum atomic E-state index is -4.63. The predicted octanol–water partition coefficient (Wildman–Crippen LogP) is 4.18. The first-order chi connectivity index (χ1) is 16.2. The minimum Gasteiger partial charge on any atom is -0.490 e. The molecule has 1 amide bonds. The van der Waals surface area contributed by atoms with E-state index in [1.807, 2.05) is 11.8 Å². The van der Waals surface area contributed by atoms with E-state index in [4.69, 9.17) is 4.74 Å². The maximum absolute atomic E-state index is 14.9. The van der Waals surface area contributed by atoms with Crippen LogP contribution in [0.4, 0.5) is 17.6 Å². The number of likely N-dealkylation sites (N-methyl/N-ethyl adjacent to an activating group) is 1. The van der Waals surface area contributed by atoms with Gasteiger partial charge in [-0.25, -0.2) is 4.39 Å². The number of benzene rings is 1. The molecule has 6 nitrogen and oxygen atoms in total. The first-order valence-corrected chi connectivity index (χ1v) is 11.7. The summed E-state index contributed by atoms with van der Waals surface area (Å²) in [5.74, 6) is -0.468. The summed E-state index contributed by atoms with van der Waals surface area (Å²) in [5.41, 5.74) is -1.56. The van der Waals surface area contributed by atoms with Crippen LogP contribution in [0.25, 0.3) is 0 Å². The summed E-state index contributed by atoms with van der Waals surface area (Å²) in [7, 11) is 1.80. The predicted molar refractivity (Wildman–Crippen MR) is 122 cm³/mol. The maximum atomic E-state index is 14.9. The number of hydrogen-bond donors (Lipinski definition) is 1. The number of nitrogens with zero attached hydrogens (tertiary/aromatic N) is 3. The van der Waals surface area contributed by atoms with Gasteiger partial charge in [-0.3, -0.25) is 9.69 Å². The average Bonchev–Trinajstić information content (AvgIpc) is 3.13. The Balaban J connectivity index is 1.52. The van der Waals surface area contributed by atoms with E-state index in [-0.39, 0.29) is 24.8 Å². The van der Waals surface area contributed by atoms with Crippen LogP contribution in [0, 0.1) is 12.7 Å². The quantitative estimate of drug-likeness (QED) is 0.644. The van der Waals surface area contributed by atoms with E-state index in [0.29, 0.717) is 49.9 Å². The molecule has 0 unspecified atom stereocenters. The second-order valence-electron chi connectivity index (χ2n) is 10.2. The highest BCUT2D eigenvalue weighted by Crippen LogP contribution is 2.45. The number of rotatable bonds is 4. The molecule has 0 radical (unpaired) electrons. The number of amides is 1. The van der Waals surface area contributed by atoms with Crippen LogP contribution in [0.1, 0.15) is 54.0 Å². The number of carbonyl (C=O) groups is 1. The van der Waals surface area contributed by atoms with Crippen molar-refractivity contribution in [3.8, 4) is 5.75 Å². The van der Waals surface area contributed by atoms with E-state index in [9.17, 15) is 27.5 Å². The number of hydrogen-bond acceptors (Lipinski definition) is 4. The summed E-state index contributed by atoms with van der Waals surface area (Å²) < 4.78 is 62.1. The first-order valence-electron chi connectivity index (χ1n) is 11.7. The molecule has 192 valence electrons. The lowest BCUT2D eigenvalue weighted by atomic mass is 9.81. The third-order valence-electron chi connectivity index (χ3n) is 7.05. The second-order valence-corrected chi connectivity index (χ2v) is 10.2. The molecule has 10 heteroatoms. The van der Waals surface area contributed by atoms with Crippen molar-refractivity contribution >= 4 is 5.91 Å². The van der Waals surface area contributed by atoms with Crippen LogP contribution in [-0.2, 0) is 18.3 Å². The molecule has 0 saturated carbocycles. The van der Waals surface area contributed by atoms with Crippen molar-refractivity contribution in [2.24, 2.45) is 0 Å². The SMILES string of the molecule is Cc1cc(C(=O)N2CCC3(CC2)c2c(F)cc(C(F)(F)F)n2CCN3C)ccc1OCC(C)(C)O. The highest BCUT2D eigenvalue weighted by Gasteiger charge is 2.49. The molecule has 0 bridgehead atoms. The van der Waals surface area contributed by atoms with Gasteiger partial charge in [0.15, 0.2) is 0 Å². The van der Waals surface area contributed by atoms with E-state index in [1.165, 1.54) is 0 Å². The number of aliphatic hydroxyl groups is 1. The summed E-state index contributed by atoms with van der Waals surface area (Å²) in [6, 6.07) is 5.67. The van der Waals surface area contributed by atoms with Crippen molar-refractivity contribution in [1.29, 1.82) is 0 Å². The van der Waals surface area contributed by atoms with Gasteiger partial charge in [0.25, 0.3) is 5.91 Å². The van der Waals surface area contributed by atoms with Crippen LogP contribution in [0.5, 0.6) is 5.75 Å². The fraction of sp³-hybridized carbons (Fsp3) is 0.560. The number of piperidine rings is 1. The number of ether oxygens (including phenoxy) is 1. The lowest BCUT2D eigenvalue weighted by Gasteiger charge is -2.50. The van der Waals surface area contributed by atoms with Crippen molar-refractivity contribution in [1.82, 2.24) is 14.4 Å². The molecular formula is C25H31F4N3O3. The van der Waals surface area contributed by atoms with Gasteiger partial charge in [0.1, 0.15) is 23.9 Å². The Labute approximate surface area is 202 Å². The molecule has 3 heterocycles. The van der Waals surface area contributed by atoms with Gasteiger partial charge in [-0.05, 0) is 64.4 Å². The van der Waals surface area contributed by atoms with Crippen LogP contribution >= 0.6 is 0 Å². The van der Waals surface area contributed by atoms with Gasteiger partial charge in [-0.15, -0.1) is 0 Å². The summed E-state index contributed by atoms with van der Waals surface area (Å²) >= 11 is 0. The molecule has 1 fully saturated rings. The molecule has 4 rings (SSSR count). The standard InChI is InChI=1S/C25H31F4N3O3/c1-16-13-17(5-6-19(16)35-15-23(2,3)34)22(33)31-9-7-24(8-10-31)21-18(26)14-20(25(27,28)29)32(21)12-11-30(24)4/h5-6,13-14,34H,7-12,15H2,1-4H3. The summed E-state index contributed by atoms with van der Waals surface area (Å²) in [4.78, 5) is 16.8. The minimum absolute atomic E-state index is 0.0647. The number of alkyl halides is 3. The number of aryl methyl sites for hydroxylation is 1. The van der Waals surface area contributed by atoms with Gasteiger partial charge in [0.05, 0.1) is 16.8 Å². The molecule has 1 spiro atoms. The fourth-order valence-corrected chi connectivity index (χ4v) is 5.18. The van der Waals surface area contributed by atoms with Crippen molar-refractivity contribution < 1.29 is 32.2 Å². The first kappa shape index (κ1) is 25.5. The number of fused-ring (bicyclic) bond motifs is 2. The van der Waals surface area contributed by atoms with Gasteiger partial charge in [-0.1, -0.05) is 0 Å². The topological polar surface area (TPSA) is 57.9 Å². The molecule has 1 aromatic heterocycles. The highest BCUT2D eigenvalue weighted by atomic mass is 19.4. The Hall–Kier alpha value is -2.59. The monoisotopic (exact) mass is 497 g/mol. The summed E-state index contributed by atoms with van der Waals surface area (Å²) in [6.45, 7) is 6.22. The molecule has 0 atom stereocenters. The van der Waals surface area contributed by atoms with E-state index in [2.05, 4.69) is 0 Å². The lowest BCUT2D eigenvalue weighted by Crippen LogP contribution is -2.57. The molecular weight excluding hydrogens is 466 g/mol. The van der Waals surface area contributed by atoms with E-state index >= 15 is 0 Å². The summed E-state index contributed by atoms with van der Waals surface area (Å²) in [6.07, 6.45) is -3.97. The van der Waals surface area contributed by atoms with Crippen LogP contribution in [0.3, 0.4) is 0 Å². The van der Waals surface area contributed by atoms with Crippen molar-refractivity contribution in [2.45, 2.75) is 57.5 Å². The zero-order chi connectivity index (χ0) is 25.8. The van der Waals surface area contributed by atoms with Crippen molar-refractivity contribution in [3.63, 3.8) is 0 Å².